The SMILES string of the molecule is CC(C)=CO.[CH3-].[CH]1[CH][CH][CH][CH]1.[CH]1[CH][CH][CH][CH]1.[Ti]. The van der Waals surface area contributed by atoms with Crippen molar-refractivity contribution in [2.45, 2.75) is 13.8 Å². The minimum absolute atomic E-state index is 0. The topological polar surface area (TPSA) is 20.2 Å². The van der Waals surface area contributed by atoms with Gasteiger partial charge in [-0.05, 0) is 83.6 Å². The molecule has 0 heterocycles. The van der Waals surface area contributed by atoms with Crippen LogP contribution in [-0.2, 0) is 21.7 Å². The third-order valence-electron chi connectivity index (χ3n) is 1.37. The zero-order valence-electron chi connectivity index (χ0n) is 10.8. The molecule has 2 fully saturated rings. The summed E-state index contributed by atoms with van der Waals surface area (Å²) < 4.78 is 0. The van der Waals surface area contributed by atoms with Crippen LogP contribution in [0.25, 0.3) is 0 Å². The van der Waals surface area contributed by atoms with E-state index in [4.69, 9.17) is 5.11 Å². The molecule has 17 heavy (non-hydrogen) atoms. The van der Waals surface area contributed by atoms with E-state index in [2.05, 4.69) is 0 Å². The van der Waals surface area contributed by atoms with Gasteiger partial charge in [0.25, 0.3) is 0 Å². The van der Waals surface area contributed by atoms with E-state index in [1.54, 1.807) is 0 Å². The van der Waals surface area contributed by atoms with Crippen molar-refractivity contribution in [2.24, 2.45) is 0 Å². The Labute approximate surface area is 124 Å². The molecule has 1 nitrogen and oxygen atoms in total. The molecule has 0 aliphatic heterocycles. The monoisotopic (exact) mass is 265 g/mol. The first-order valence-corrected chi connectivity index (χ1v) is 4.88. The third-order valence-corrected chi connectivity index (χ3v) is 1.37. The van der Waals surface area contributed by atoms with Crippen LogP contribution in [0.2, 0.25) is 0 Å². The molecule has 92 valence electrons. The van der Waals surface area contributed by atoms with Gasteiger partial charge in [-0.3, -0.25) is 0 Å². The number of rotatable bonds is 0. The molecule has 2 aliphatic carbocycles. The minimum Gasteiger partial charge on any atom is -0.516 e. The summed E-state index contributed by atoms with van der Waals surface area (Å²) in [5.41, 5.74) is 0.935. The second-order valence-electron chi connectivity index (χ2n) is 3.13. The second-order valence-corrected chi connectivity index (χ2v) is 3.13. The van der Waals surface area contributed by atoms with Gasteiger partial charge in [-0.2, -0.15) is 0 Å². The summed E-state index contributed by atoms with van der Waals surface area (Å²) in [6.07, 6.45) is 21.1. The molecule has 0 unspecified atom stereocenters. The Kier molecular flexibility index (Phi) is 24.6. The number of hydrogen-bond donors (Lipinski definition) is 1. The van der Waals surface area contributed by atoms with Gasteiger partial charge in [0.15, 0.2) is 0 Å². The van der Waals surface area contributed by atoms with Crippen LogP contribution >= 0.6 is 0 Å². The molecule has 2 aliphatic rings. The Bertz CT molecular complexity index is 118. The summed E-state index contributed by atoms with van der Waals surface area (Å²) in [5, 5.41) is 7.98. The Hall–Kier alpha value is 0.254. The number of allylic oxidation sites excluding steroid dienone is 1. The van der Waals surface area contributed by atoms with Gasteiger partial charge in [0, 0.05) is 21.7 Å². The molecule has 1 N–H and O–H groups in total. The van der Waals surface area contributed by atoms with Crippen molar-refractivity contribution < 1.29 is 26.8 Å². The van der Waals surface area contributed by atoms with Crippen molar-refractivity contribution >= 4 is 0 Å². The summed E-state index contributed by atoms with van der Waals surface area (Å²) in [7, 11) is 0. The zero-order chi connectivity index (χ0) is 11.4. The second kappa shape index (κ2) is 18.6. The first kappa shape index (κ1) is 22.4. The minimum atomic E-state index is 0. The van der Waals surface area contributed by atoms with Gasteiger partial charge in [-0.15, -0.1) is 0 Å². The van der Waals surface area contributed by atoms with E-state index in [9.17, 15) is 0 Å². The van der Waals surface area contributed by atoms with Crippen LogP contribution in [0.3, 0.4) is 0 Å². The van der Waals surface area contributed by atoms with Crippen LogP contribution in [0.5, 0.6) is 0 Å². The Morgan fingerprint density at radius 3 is 0.882 bits per heavy atom. The molecule has 0 atom stereocenters. The predicted molar refractivity (Wildman–Crippen MR) is 71.5 cm³/mol. The first-order valence-electron chi connectivity index (χ1n) is 4.88. The Morgan fingerprint density at radius 1 is 0.706 bits per heavy atom. The van der Waals surface area contributed by atoms with Crippen molar-refractivity contribution in [1.29, 1.82) is 0 Å². The Morgan fingerprint density at radius 2 is 0.824 bits per heavy atom. The average Bonchev–Trinajstić information content (AvgIpc) is 2.96. The summed E-state index contributed by atoms with van der Waals surface area (Å²) >= 11 is 0. The molecule has 0 aromatic heterocycles. The van der Waals surface area contributed by atoms with Crippen molar-refractivity contribution in [1.82, 2.24) is 0 Å². The summed E-state index contributed by atoms with van der Waals surface area (Å²) in [4.78, 5) is 0. The quantitative estimate of drug-likeness (QED) is 0.399. The van der Waals surface area contributed by atoms with Gasteiger partial charge in [0.05, 0.1) is 6.26 Å². The fraction of sp³-hybridized carbons (Fsp3) is 0.133. The number of aliphatic hydroxyl groups is 1. The molecule has 0 spiro atoms. The van der Waals surface area contributed by atoms with E-state index in [1.807, 2.05) is 78.1 Å². The summed E-state index contributed by atoms with van der Waals surface area (Å²) in [6.45, 7) is 3.67. The van der Waals surface area contributed by atoms with E-state index < -0.39 is 0 Å². The maximum absolute atomic E-state index is 7.98. The average molecular weight is 265 g/mol. The van der Waals surface area contributed by atoms with Crippen LogP contribution in [0.4, 0.5) is 0 Å². The Balaban J connectivity index is -0.000000163. The summed E-state index contributed by atoms with van der Waals surface area (Å²) in [5.74, 6) is 0. The fourth-order valence-corrected chi connectivity index (χ4v) is 0.642. The normalized spacial score (nSPS) is 16.1. The van der Waals surface area contributed by atoms with E-state index >= 15 is 0 Å². The number of aliphatic hydroxyl groups excluding tert-OH is 1. The standard InChI is InChI=1S/2C5H5.C4H8O.CH3.Ti/c2*1-2-4-5-3-1;1-4(2)3-5;;/h2*1-5H;3,5H,1-2H3;1H3;/q;;;-1;. The van der Waals surface area contributed by atoms with E-state index in [1.165, 1.54) is 0 Å². The van der Waals surface area contributed by atoms with Crippen LogP contribution in [-0.4, -0.2) is 5.11 Å². The van der Waals surface area contributed by atoms with E-state index in [-0.39, 0.29) is 29.1 Å². The van der Waals surface area contributed by atoms with Crippen molar-refractivity contribution in [2.75, 3.05) is 0 Å². The maximum Gasteiger partial charge on any atom is 0.0778 e. The molecule has 0 aromatic carbocycles. The van der Waals surface area contributed by atoms with Gasteiger partial charge in [0.2, 0.25) is 0 Å². The zero-order valence-corrected chi connectivity index (χ0v) is 12.4. The van der Waals surface area contributed by atoms with E-state index in [0.717, 1.165) is 11.8 Å². The molecular formula is C15H21OTi-. The first-order chi connectivity index (χ1) is 7.27. The molecule has 0 saturated heterocycles. The largest absolute Gasteiger partial charge is 0.516 e. The third kappa shape index (κ3) is 22.0. The van der Waals surface area contributed by atoms with E-state index in [0.29, 0.717) is 0 Å². The van der Waals surface area contributed by atoms with Crippen molar-refractivity contribution in [3.05, 3.63) is 83.5 Å². The smallest absolute Gasteiger partial charge is 0.0778 e. The molecular weight excluding hydrogens is 244 g/mol. The van der Waals surface area contributed by atoms with Gasteiger partial charge < -0.3 is 12.5 Å². The van der Waals surface area contributed by atoms with Crippen LogP contribution in [0.15, 0.2) is 11.8 Å². The van der Waals surface area contributed by atoms with Crippen molar-refractivity contribution in [3.63, 3.8) is 0 Å². The number of hydrogen-bond acceptors (Lipinski definition) is 1. The van der Waals surface area contributed by atoms with Crippen LogP contribution in [0.1, 0.15) is 13.8 Å². The van der Waals surface area contributed by atoms with Crippen molar-refractivity contribution in [3.8, 4) is 0 Å². The van der Waals surface area contributed by atoms with Crippen LogP contribution in [0, 0.1) is 71.6 Å². The summed E-state index contributed by atoms with van der Waals surface area (Å²) in [6, 6.07) is 0. The maximum atomic E-state index is 7.98. The van der Waals surface area contributed by atoms with Gasteiger partial charge >= 0.3 is 0 Å². The molecule has 0 amide bonds. The van der Waals surface area contributed by atoms with Gasteiger partial charge in [-0.1, -0.05) is 0 Å². The van der Waals surface area contributed by atoms with Gasteiger partial charge in [0.1, 0.15) is 0 Å². The predicted octanol–water partition coefficient (Wildman–Crippen LogP) is 3.96. The van der Waals surface area contributed by atoms with Crippen LogP contribution < -0.4 is 0 Å². The molecule has 2 saturated carbocycles. The molecule has 0 bridgehead atoms. The van der Waals surface area contributed by atoms with Gasteiger partial charge in [-0.25, -0.2) is 0 Å². The molecule has 2 heteroatoms. The molecule has 2 rings (SSSR count). The molecule has 0 aromatic rings. The molecule has 10 radical (unpaired) electrons. The fourth-order valence-electron chi connectivity index (χ4n) is 0.642.